The summed E-state index contributed by atoms with van der Waals surface area (Å²) in [4.78, 5) is 0. The third-order valence-electron chi connectivity index (χ3n) is 3.26. The number of hydrogen-bond acceptors (Lipinski definition) is 3. The van der Waals surface area contributed by atoms with Gasteiger partial charge in [0.25, 0.3) is 0 Å². The molecule has 1 aromatic rings. The lowest BCUT2D eigenvalue weighted by molar-refractivity contribution is 0.228. The van der Waals surface area contributed by atoms with Gasteiger partial charge in [0.15, 0.2) is 0 Å². The van der Waals surface area contributed by atoms with Crippen molar-refractivity contribution in [2.75, 3.05) is 13.7 Å². The van der Waals surface area contributed by atoms with Gasteiger partial charge in [0.1, 0.15) is 5.75 Å². The molecule has 0 aliphatic carbocycles. The first-order valence-corrected chi connectivity index (χ1v) is 6.69. The summed E-state index contributed by atoms with van der Waals surface area (Å²) in [5, 5.41) is 12.6. The summed E-state index contributed by atoms with van der Waals surface area (Å²) in [7, 11) is 1.68. The van der Waals surface area contributed by atoms with E-state index in [2.05, 4.69) is 31.3 Å². The summed E-state index contributed by atoms with van der Waals surface area (Å²) in [5.41, 5.74) is 1.32. The van der Waals surface area contributed by atoms with E-state index in [4.69, 9.17) is 9.84 Å². The molecule has 1 unspecified atom stereocenters. The molecule has 0 radical (unpaired) electrons. The molecule has 3 heteroatoms. The Balaban J connectivity index is 2.34. The van der Waals surface area contributed by atoms with Crippen molar-refractivity contribution in [1.82, 2.24) is 5.32 Å². The summed E-state index contributed by atoms with van der Waals surface area (Å²) in [6.07, 6.45) is 3.08. The van der Waals surface area contributed by atoms with Crippen LogP contribution in [0.25, 0.3) is 0 Å². The SMILES string of the molecule is CC[C@@H](CO)NC(C)CCc1ccc(OC)cc1. The van der Waals surface area contributed by atoms with Gasteiger partial charge in [0, 0.05) is 12.1 Å². The maximum absolute atomic E-state index is 9.14. The van der Waals surface area contributed by atoms with E-state index in [1.54, 1.807) is 7.11 Å². The highest BCUT2D eigenvalue weighted by Gasteiger charge is 2.08. The van der Waals surface area contributed by atoms with E-state index < -0.39 is 0 Å². The molecule has 18 heavy (non-hydrogen) atoms. The summed E-state index contributed by atoms with van der Waals surface area (Å²) in [6, 6.07) is 8.84. The molecule has 1 aromatic carbocycles. The normalized spacial score (nSPS) is 14.2. The molecule has 0 amide bonds. The topological polar surface area (TPSA) is 41.5 Å². The number of benzene rings is 1. The van der Waals surface area contributed by atoms with Gasteiger partial charge in [-0.1, -0.05) is 19.1 Å². The summed E-state index contributed by atoms with van der Waals surface area (Å²) in [5.74, 6) is 0.899. The Hall–Kier alpha value is -1.06. The Morgan fingerprint density at radius 2 is 1.94 bits per heavy atom. The minimum absolute atomic E-state index is 0.212. The zero-order valence-corrected chi connectivity index (χ0v) is 11.6. The van der Waals surface area contributed by atoms with E-state index >= 15 is 0 Å². The van der Waals surface area contributed by atoms with Crippen LogP contribution in [0.5, 0.6) is 5.75 Å². The zero-order valence-electron chi connectivity index (χ0n) is 11.6. The number of hydrogen-bond donors (Lipinski definition) is 2. The van der Waals surface area contributed by atoms with Crippen LogP contribution in [0, 0.1) is 0 Å². The molecular weight excluding hydrogens is 226 g/mol. The summed E-state index contributed by atoms with van der Waals surface area (Å²) >= 11 is 0. The molecule has 0 aliphatic rings. The molecule has 3 nitrogen and oxygen atoms in total. The number of aliphatic hydroxyl groups is 1. The average molecular weight is 251 g/mol. The van der Waals surface area contributed by atoms with Crippen molar-refractivity contribution in [1.29, 1.82) is 0 Å². The molecule has 102 valence electrons. The minimum Gasteiger partial charge on any atom is -0.497 e. The van der Waals surface area contributed by atoms with Crippen LogP contribution < -0.4 is 10.1 Å². The van der Waals surface area contributed by atoms with Crippen molar-refractivity contribution in [3.8, 4) is 5.75 Å². The second-order valence-corrected chi connectivity index (χ2v) is 4.74. The van der Waals surface area contributed by atoms with Crippen LogP contribution in [0.15, 0.2) is 24.3 Å². The van der Waals surface area contributed by atoms with Crippen LogP contribution in [0.4, 0.5) is 0 Å². The van der Waals surface area contributed by atoms with E-state index in [1.807, 2.05) is 12.1 Å². The highest BCUT2D eigenvalue weighted by Crippen LogP contribution is 2.13. The second-order valence-electron chi connectivity index (χ2n) is 4.74. The van der Waals surface area contributed by atoms with Gasteiger partial charge in [0.2, 0.25) is 0 Å². The van der Waals surface area contributed by atoms with Crippen LogP contribution in [0.3, 0.4) is 0 Å². The number of aryl methyl sites for hydroxylation is 1. The van der Waals surface area contributed by atoms with Gasteiger partial charge in [-0.3, -0.25) is 0 Å². The lowest BCUT2D eigenvalue weighted by Crippen LogP contribution is -2.38. The molecule has 0 heterocycles. The Bertz CT molecular complexity index is 320. The maximum Gasteiger partial charge on any atom is 0.118 e. The smallest absolute Gasteiger partial charge is 0.118 e. The van der Waals surface area contributed by atoms with Crippen LogP contribution >= 0.6 is 0 Å². The van der Waals surface area contributed by atoms with Crippen molar-refractivity contribution in [2.45, 2.75) is 45.2 Å². The van der Waals surface area contributed by atoms with E-state index in [0.717, 1.165) is 25.0 Å². The van der Waals surface area contributed by atoms with Crippen LogP contribution in [0.1, 0.15) is 32.3 Å². The van der Waals surface area contributed by atoms with Crippen molar-refractivity contribution < 1.29 is 9.84 Å². The first-order valence-electron chi connectivity index (χ1n) is 6.69. The van der Waals surface area contributed by atoms with Crippen molar-refractivity contribution in [3.05, 3.63) is 29.8 Å². The molecule has 0 aromatic heterocycles. The molecule has 0 saturated carbocycles. The van der Waals surface area contributed by atoms with Gasteiger partial charge in [0.05, 0.1) is 13.7 Å². The number of ether oxygens (including phenoxy) is 1. The highest BCUT2D eigenvalue weighted by molar-refractivity contribution is 5.27. The molecule has 2 N–H and O–H groups in total. The predicted octanol–water partition coefficient (Wildman–Crippen LogP) is 2.38. The van der Waals surface area contributed by atoms with Crippen molar-refractivity contribution in [2.24, 2.45) is 0 Å². The fraction of sp³-hybridized carbons (Fsp3) is 0.600. The third-order valence-corrected chi connectivity index (χ3v) is 3.26. The molecule has 0 bridgehead atoms. The van der Waals surface area contributed by atoms with Crippen LogP contribution in [0.2, 0.25) is 0 Å². The third kappa shape index (κ3) is 5.07. The molecular formula is C15H25NO2. The van der Waals surface area contributed by atoms with Crippen molar-refractivity contribution in [3.63, 3.8) is 0 Å². The minimum atomic E-state index is 0.212. The number of methoxy groups -OCH3 is 1. The fourth-order valence-corrected chi connectivity index (χ4v) is 1.96. The van der Waals surface area contributed by atoms with Gasteiger partial charge in [-0.2, -0.15) is 0 Å². The van der Waals surface area contributed by atoms with E-state index in [-0.39, 0.29) is 12.6 Å². The quantitative estimate of drug-likeness (QED) is 0.745. The van der Waals surface area contributed by atoms with E-state index in [1.165, 1.54) is 5.56 Å². The van der Waals surface area contributed by atoms with Gasteiger partial charge >= 0.3 is 0 Å². The van der Waals surface area contributed by atoms with Gasteiger partial charge in [-0.05, 0) is 43.9 Å². The number of nitrogens with one attached hydrogen (secondary N) is 1. The monoisotopic (exact) mass is 251 g/mol. The second kappa shape index (κ2) is 8.11. The first kappa shape index (κ1) is 15.0. The lowest BCUT2D eigenvalue weighted by Gasteiger charge is -2.20. The fourth-order valence-electron chi connectivity index (χ4n) is 1.96. The Labute approximate surface area is 110 Å². The Morgan fingerprint density at radius 3 is 2.44 bits per heavy atom. The first-order chi connectivity index (χ1) is 8.69. The van der Waals surface area contributed by atoms with Gasteiger partial charge < -0.3 is 15.2 Å². The Morgan fingerprint density at radius 1 is 1.28 bits per heavy atom. The molecule has 1 rings (SSSR count). The van der Waals surface area contributed by atoms with Crippen LogP contribution in [-0.2, 0) is 6.42 Å². The van der Waals surface area contributed by atoms with Crippen molar-refractivity contribution >= 4 is 0 Å². The number of aliphatic hydroxyl groups excluding tert-OH is 1. The average Bonchev–Trinajstić information content (AvgIpc) is 2.43. The summed E-state index contributed by atoms with van der Waals surface area (Å²) < 4.78 is 5.14. The molecule has 2 atom stereocenters. The highest BCUT2D eigenvalue weighted by atomic mass is 16.5. The van der Waals surface area contributed by atoms with Crippen LogP contribution in [-0.4, -0.2) is 30.9 Å². The standard InChI is InChI=1S/C15H25NO2/c1-4-14(11-17)16-12(2)5-6-13-7-9-15(18-3)10-8-13/h7-10,12,14,16-17H,4-6,11H2,1-3H3/t12?,14-/m0/s1. The summed E-state index contributed by atoms with van der Waals surface area (Å²) in [6.45, 7) is 4.47. The maximum atomic E-state index is 9.14. The van der Waals surface area contributed by atoms with E-state index in [0.29, 0.717) is 6.04 Å². The molecule has 0 aliphatic heterocycles. The zero-order chi connectivity index (χ0) is 13.4. The van der Waals surface area contributed by atoms with Gasteiger partial charge in [-0.25, -0.2) is 0 Å². The molecule has 0 saturated heterocycles. The predicted molar refractivity (Wildman–Crippen MR) is 75.1 cm³/mol. The molecule has 0 fully saturated rings. The Kier molecular flexibility index (Phi) is 6.76. The van der Waals surface area contributed by atoms with Gasteiger partial charge in [-0.15, -0.1) is 0 Å². The van der Waals surface area contributed by atoms with E-state index in [9.17, 15) is 0 Å². The molecule has 0 spiro atoms. The lowest BCUT2D eigenvalue weighted by atomic mass is 10.1. The number of rotatable bonds is 8. The largest absolute Gasteiger partial charge is 0.497 e.